The summed E-state index contributed by atoms with van der Waals surface area (Å²) < 4.78 is 7.33. The highest BCUT2D eigenvalue weighted by Crippen LogP contribution is 2.47. The van der Waals surface area contributed by atoms with E-state index in [1.807, 2.05) is 0 Å². The van der Waals surface area contributed by atoms with Crippen LogP contribution in [0.4, 0.5) is 0 Å². The summed E-state index contributed by atoms with van der Waals surface area (Å²) in [5.74, 6) is 0. The third-order valence-corrected chi connectivity index (χ3v) is 11.8. The van der Waals surface area contributed by atoms with E-state index in [1.54, 1.807) is 0 Å². The van der Waals surface area contributed by atoms with Gasteiger partial charge < -0.3 is 13.7 Å². The number of fused-ring (bicyclic) bond motifs is 10. The van der Waals surface area contributed by atoms with Gasteiger partial charge >= 0.3 is 0 Å². The Morgan fingerprint density at radius 1 is 0.246 bits per heavy atom. The maximum Gasteiger partial charge on any atom is 0.0647 e. The molecule has 0 amide bonds. The lowest BCUT2D eigenvalue weighted by molar-refractivity contribution is 1.17. The smallest absolute Gasteiger partial charge is 0.0647 e. The fraction of sp³-hybridized carbons (Fsp3) is 0. The molecule has 0 atom stereocenters. The summed E-state index contributed by atoms with van der Waals surface area (Å²) in [6.45, 7) is 0. The van der Waals surface area contributed by atoms with E-state index < -0.39 is 0 Å². The Balaban J connectivity index is 1.18. The molecular formula is C54H35N3. The maximum absolute atomic E-state index is 2.48. The van der Waals surface area contributed by atoms with Crippen LogP contribution < -0.4 is 0 Å². The Hall–Kier alpha value is -7.62. The zero-order valence-electron chi connectivity index (χ0n) is 31.0. The number of benzene rings is 9. The molecule has 3 aromatic heterocycles. The van der Waals surface area contributed by atoms with E-state index in [9.17, 15) is 0 Å². The molecule has 0 radical (unpaired) electrons. The Labute approximate surface area is 329 Å². The minimum absolute atomic E-state index is 1.15. The van der Waals surface area contributed by atoms with Crippen molar-refractivity contribution in [3.8, 4) is 39.3 Å². The Morgan fingerprint density at radius 3 is 1.35 bits per heavy atom. The molecular weight excluding hydrogens is 691 g/mol. The fourth-order valence-electron chi connectivity index (χ4n) is 9.40. The monoisotopic (exact) mass is 725 g/mol. The molecule has 3 heteroatoms. The number of hydrogen-bond donors (Lipinski definition) is 0. The van der Waals surface area contributed by atoms with E-state index in [0.29, 0.717) is 0 Å². The van der Waals surface area contributed by atoms with Gasteiger partial charge in [-0.25, -0.2) is 0 Å². The van der Waals surface area contributed by atoms with Crippen molar-refractivity contribution in [2.45, 2.75) is 0 Å². The van der Waals surface area contributed by atoms with Crippen molar-refractivity contribution >= 4 is 65.4 Å². The van der Waals surface area contributed by atoms with Crippen LogP contribution >= 0.6 is 0 Å². The van der Waals surface area contributed by atoms with Crippen LogP contribution in [0.2, 0.25) is 0 Å². The second-order valence-corrected chi connectivity index (χ2v) is 14.9. The molecule has 0 bridgehead atoms. The molecule has 9 aromatic carbocycles. The van der Waals surface area contributed by atoms with Gasteiger partial charge in [0.05, 0.1) is 33.1 Å². The molecule has 3 heterocycles. The van der Waals surface area contributed by atoms with Gasteiger partial charge in [-0.05, 0) is 95.1 Å². The van der Waals surface area contributed by atoms with Crippen molar-refractivity contribution in [3.63, 3.8) is 0 Å². The van der Waals surface area contributed by atoms with Gasteiger partial charge in [0, 0.05) is 49.4 Å². The minimum Gasteiger partial charge on any atom is -0.309 e. The molecule has 0 aliphatic rings. The van der Waals surface area contributed by atoms with Crippen molar-refractivity contribution in [1.29, 1.82) is 0 Å². The van der Waals surface area contributed by atoms with Gasteiger partial charge in [0.15, 0.2) is 0 Å². The van der Waals surface area contributed by atoms with Crippen LogP contribution in [0.3, 0.4) is 0 Å². The lowest BCUT2D eigenvalue weighted by atomic mass is 9.94. The van der Waals surface area contributed by atoms with E-state index in [0.717, 1.165) is 17.1 Å². The first-order chi connectivity index (χ1) is 28.3. The largest absolute Gasteiger partial charge is 0.309 e. The number of rotatable bonds is 5. The number of hydrogen-bond acceptors (Lipinski definition) is 0. The second kappa shape index (κ2) is 12.5. The molecule has 0 saturated heterocycles. The van der Waals surface area contributed by atoms with Crippen molar-refractivity contribution in [3.05, 3.63) is 212 Å². The summed E-state index contributed by atoms with van der Waals surface area (Å²) in [4.78, 5) is 0. The Kier molecular flexibility index (Phi) is 6.93. The molecule has 0 aliphatic heterocycles. The first kappa shape index (κ1) is 31.7. The van der Waals surface area contributed by atoms with Crippen LogP contribution in [-0.4, -0.2) is 13.7 Å². The normalized spacial score (nSPS) is 11.9. The molecule has 0 spiro atoms. The molecule has 0 saturated carbocycles. The summed E-state index contributed by atoms with van der Waals surface area (Å²) in [7, 11) is 0. The van der Waals surface area contributed by atoms with Gasteiger partial charge in [0.25, 0.3) is 0 Å². The van der Waals surface area contributed by atoms with Crippen molar-refractivity contribution in [2.24, 2.45) is 0 Å². The van der Waals surface area contributed by atoms with E-state index >= 15 is 0 Å². The van der Waals surface area contributed by atoms with E-state index in [4.69, 9.17) is 0 Å². The van der Waals surface area contributed by atoms with Gasteiger partial charge in [-0.3, -0.25) is 0 Å². The van der Waals surface area contributed by atoms with Gasteiger partial charge in [0.1, 0.15) is 0 Å². The molecule has 0 unspecified atom stereocenters. The summed E-state index contributed by atoms with van der Waals surface area (Å²) >= 11 is 0. The quantitative estimate of drug-likeness (QED) is 0.168. The van der Waals surface area contributed by atoms with E-state index in [2.05, 4.69) is 226 Å². The lowest BCUT2D eigenvalue weighted by Gasteiger charge is -2.14. The number of nitrogens with zero attached hydrogens (tertiary/aromatic N) is 3. The standard InChI is InChI=1S/C54H35N3/c1-4-19-39(20-5-1)55-47-28-13-10-25-42(47)43-32-31-37(34-50(43)55)36-17-16-18-38(33-36)46-35-51-53(45-27-12-14-29-48(45)56(51)40-21-6-2-7-22-40)54-52(46)44-26-11-15-30-49(44)57(54)41-23-8-3-9-24-41/h1-35H. The minimum atomic E-state index is 1.15. The van der Waals surface area contributed by atoms with Gasteiger partial charge in [0.2, 0.25) is 0 Å². The van der Waals surface area contributed by atoms with E-state index in [-0.39, 0.29) is 0 Å². The predicted octanol–water partition coefficient (Wildman–Crippen LogP) is 14.3. The SMILES string of the molecule is c1ccc(-n2c3ccccc3c3ccc(-c4cccc(-c5cc6c(c7ccccc7n6-c6ccccc6)c6c5c5ccccc5n6-c5ccccc5)c4)cc32)cc1. The summed E-state index contributed by atoms with van der Waals surface area (Å²) in [6, 6.07) is 77.4. The van der Waals surface area contributed by atoms with E-state index in [1.165, 1.54) is 87.7 Å². The molecule has 12 rings (SSSR count). The predicted molar refractivity (Wildman–Crippen MR) is 240 cm³/mol. The third-order valence-electron chi connectivity index (χ3n) is 11.8. The molecule has 266 valence electrons. The highest BCUT2D eigenvalue weighted by molar-refractivity contribution is 6.30. The molecule has 0 fully saturated rings. The van der Waals surface area contributed by atoms with Crippen LogP contribution in [0.25, 0.3) is 105 Å². The molecule has 57 heavy (non-hydrogen) atoms. The Morgan fingerprint density at radius 2 is 0.702 bits per heavy atom. The lowest BCUT2D eigenvalue weighted by Crippen LogP contribution is -1.96. The van der Waals surface area contributed by atoms with Gasteiger partial charge in [-0.1, -0.05) is 140 Å². The molecule has 0 aliphatic carbocycles. The summed E-state index contributed by atoms with van der Waals surface area (Å²) in [6.07, 6.45) is 0. The van der Waals surface area contributed by atoms with Gasteiger partial charge in [-0.15, -0.1) is 0 Å². The third kappa shape index (κ3) is 4.73. The van der Waals surface area contributed by atoms with Crippen LogP contribution in [-0.2, 0) is 0 Å². The van der Waals surface area contributed by atoms with Crippen molar-refractivity contribution < 1.29 is 0 Å². The second-order valence-electron chi connectivity index (χ2n) is 14.9. The van der Waals surface area contributed by atoms with Crippen LogP contribution in [0.5, 0.6) is 0 Å². The van der Waals surface area contributed by atoms with Crippen LogP contribution in [0, 0.1) is 0 Å². The highest BCUT2D eigenvalue weighted by atomic mass is 15.0. The fourth-order valence-corrected chi connectivity index (χ4v) is 9.40. The topological polar surface area (TPSA) is 14.8 Å². The van der Waals surface area contributed by atoms with Crippen LogP contribution in [0.1, 0.15) is 0 Å². The molecule has 3 nitrogen and oxygen atoms in total. The first-order valence-corrected chi connectivity index (χ1v) is 19.6. The van der Waals surface area contributed by atoms with Crippen LogP contribution in [0.15, 0.2) is 212 Å². The summed E-state index contributed by atoms with van der Waals surface area (Å²) in [5, 5.41) is 7.51. The zero-order chi connectivity index (χ0) is 37.5. The number of para-hydroxylation sites is 6. The summed E-state index contributed by atoms with van der Waals surface area (Å²) in [5.41, 5.74) is 15.4. The first-order valence-electron chi connectivity index (χ1n) is 19.6. The molecule has 0 N–H and O–H groups in total. The number of aromatic nitrogens is 3. The average Bonchev–Trinajstić information content (AvgIpc) is 3.92. The maximum atomic E-state index is 2.48. The average molecular weight is 726 g/mol. The highest BCUT2D eigenvalue weighted by Gasteiger charge is 2.24. The molecule has 12 aromatic rings. The van der Waals surface area contributed by atoms with Crippen molar-refractivity contribution in [1.82, 2.24) is 13.7 Å². The van der Waals surface area contributed by atoms with Crippen molar-refractivity contribution in [2.75, 3.05) is 0 Å². The Bertz CT molecular complexity index is 3500. The zero-order valence-corrected chi connectivity index (χ0v) is 31.0. The van der Waals surface area contributed by atoms with Gasteiger partial charge in [-0.2, -0.15) is 0 Å².